The molecule has 0 radical (unpaired) electrons. The van der Waals surface area contributed by atoms with Crippen molar-refractivity contribution in [1.82, 2.24) is 4.72 Å². The molecule has 2 unspecified atom stereocenters. The fourth-order valence-corrected chi connectivity index (χ4v) is 6.56. The predicted molar refractivity (Wildman–Crippen MR) is 139 cm³/mol. The summed E-state index contributed by atoms with van der Waals surface area (Å²) in [6.45, 7) is 14.4. The number of aryl methyl sites for hydroxylation is 2. The fourth-order valence-electron chi connectivity index (χ4n) is 3.82. The van der Waals surface area contributed by atoms with E-state index in [0.29, 0.717) is 0 Å². The molecule has 0 aliphatic heterocycles. The molecule has 0 saturated heterocycles. The summed E-state index contributed by atoms with van der Waals surface area (Å²) in [4.78, 5) is 12.6. The third kappa shape index (κ3) is 6.47. The normalized spacial score (nSPS) is 14.0. The lowest BCUT2D eigenvalue weighted by Crippen LogP contribution is -2.32. The summed E-state index contributed by atoms with van der Waals surface area (Å²) in [6, 6.07) is 8.36. The molecule has 1 aromatic carbocycles. The van der Waals surface area contributed by atoms with Gasteiger partial charge in [-0.3, -0.25) is 4.79 Å². The Hall–Kier alpha value is -1.74. The minimum atomic E-state index is -1.49. The fraction of sp³-hybridized carbons (Fsp3) is 0.577. The molecular formula is C26H39NO5S2. The average Bonchev–Trinajstić information content (AvgIpc) is 3.18. The van der Waals surface area contributed by atoms with E-state index in [1.54, 1.807) is 0 Å². The first kappa shape index (κ1) is 28.5. The lowest BCUT2D eigenvalue weighted by atomic mass is 9.74. The minimum absolute atomic E-state index is 0.104. The number of hydrogen-bond donors (Lipinski definition) is 2. The van der Waals surface area contributed by atoms with E-state index in [-0.39, 0.29) is 24.0 Å². The highest BCUT2D eigenvalue weighted by molar-refractivity contribution is 7.85. The van der Waals surface area contributed by atoms with Crippen LogP contribution in [0.25, 0.3) is 0 Å². The van der Waals surface area contributed by atoms with Crippen LogP contribution >= 0.6 is 11.3 Å². The van der Waals surface area contributed by atoms with Crippen LogP contribution in [0.3, 0.4) is 0 Å². The second kappa shape index (κ2) is 11.8. The molecule has 2 N–H and O–H groups in total. The monoisotopic (exact) mass is 509 g/mol. The molecule has 0 saturated carbocycles. The molecule has 2 aromatic rings. The topological polar surface area (TPSA) is 84.9 Å². The van der Waals surface area contributed by atoms with E-state index in [0.717, 1.165) is 38.8 Å². The van der Waals surface area contributed by atoms with E-state index >= 15 is 0 Å². The smallest absolute Gasteiger partial charge is 0.320 e. The van der Waals surface area contributed by atoms with Gasteiger partial charge in [-0.2, -0.15) is 0 Å². The van der Waals surface area contributed by atoms with E-state index in [9.17, 15) is 14.1 Å². The van der Waals surface area contributed by atoms with Crippen LogP contribution in [0, 0.1) is 19.3 Å². The van der Waals surface area contributed by atoms with Crippen molar-refractivity contribution < 1.29 is 23.6 Å². The quantitative estimate of drug-likeness (QED) is 0.415. The van der Waals surface area contributed by atoms with Crippen molar-refractivity contribution in [2.24, 2.45) is 5.41 Å². The number of nitrogens with one attached hydrogen (secondary N) is 1. The molecule has 0 aliphatic carbocycles. The Morgan fingerprint density at radius 2 is 1.79 bits per heavy atom. The maximum absolute atomic E-state index is 12.8. The van der Waals surface area contributed by atoms with Crippen LogP contribution in [0.4, 0.5) is 0 Å². The number of esters is 1. The number of benzene rings is 1. The van der Waals surface area contributed by atoms with Gasteiger partial charge in [0.15, 0.2) is 0 Å². The maximum Gasteiger partial charge on any atom is 0.320 e. The van der Waals surface area contributed by atoms with Crippen molar-refractivity contribution in [3.05, 3.63) is 45.8 Å². The molecule has 190 valence electrons. The number of thiophene rings is 1. The second-order valence-corrected chi connectivity index (χ2v) is 12.3. The summed E-state index contributed by atoms with van der Waals surface area (Å²) in [5, 5.41) is 10.3. The lowest BCUT2D eigenvalue weighted by molar-refractivity contribution is -0.139. The predicted octanol–water partition coefficient (Wildman–Crippen LogP) is 5.04. The van der Waals surface area contributed by atoms with Crippen LogP contribution in [-0.2, 0) is 25.9 Å². The van der Waals surface area contributed by atoms with E-state index in [1.807, 2.05) is 40.7 Å². The van der Waals surface area contributed by atoms with E-state index < -0.39 is 23.1 Å². The van der Waals surface area contributed by atoms with Crippen LogP contribution in [0.5, 0.6) is 5.75 Å². The number of carbonyl (C=O) groups is 1. The first-order chi connectivity index (χ1) is 15.9. The highest BCUT2D eigenvalue weighted by atomic mass is 32.2. The summed E-state index contributed by atoms with van der Waals surface area (Å²) in [5.41, 5.74) is 2.67. The zero-order valence-electron chi connectivity index (χ0n) is 21.6. The van der Waals surface area contributed by atoms with Crippen molar-refractivity contribution in [2.75, 3.05) is 20.3 Å². The number of carbonyl (C=O) groups excluding carboxylic acids is 1. The molecule has 0 amide bonds. The maximum atomic E-state index is 12.8. The Morgan fingerprint density at radius 1 is 1.15 bits per heavy atom. The molecule has 0 aliphatic rings. The van der Waals surface area contributed by atoms with Gasteiger partial charge in [-0.15, -0.1) is 11.3 Å². The van der Waals surface area contributed by atoms with Crippen molar-refractivity contribution in [1.29, 1.82) is 0 Å². The van der Waals surface area contributed by atoms with Gasteiger partial charge in [0.2, 0.25) is 0 Å². The molecule has 0 bridgehead atoms. The number of aliphatic hydroxyl groups excluding tert-OH is 1. The molecule has 0 fully saturated rings. The molecule has 8 heteroatoms. The van der Waals surface area contributed by atoms with Gasteiger partial charge in [0.25, 0.3) is 0 Å². The van der Waals surface area contributed by atoms with E-state index in [2.05, 4.69) is 41.5 Å². The van der Waals surface area contributed by atoms with Crippen molar-refractivity contribution in [2.45, 2.75) is 77.0 Å². The number of methoxy groups -OCH3 is 1. The van der Waals surface area contributed by atoms with Gasteiger partial charge in [-0.05, 0) is 60.9 Å². The number of aliphatic hydroxyl groups is 1. The summed E-state index contributed by atoms with van der Waals surface area (Å²) in [5.74, 6) is 0.316. The standard InChI is InChI=1S/C26H39NO5S2/c1-9-26(10-2,22-14-18(4)24(33-22)34(30)27-15-23(29)31-8)19-11-12-20(17(3)13-19)32-16-21(28)25(5,6)7/h11-14,21,27-28H,9-10,15-16H2,1-8H3. The SMILES string of the molecule is CCC(CC)(c1ccc(OCC(O)C(C)(C)C)c(C)c1)c1cc(C)c(S(=O)NCC(=O)OC)s1. The second-order valence-electron chi connectivity index (χ2n) is 9.71. The Balaban J connectivity index is 2.33. The zero-order chi connectivity index (χ0) is 25.7. The molecule has 0 spiro atoms. The largest absolute Gasteiger partial charge is 0.491 e. The minimum Gasteiger partial charge on any atom is -0.491 e. The zero-order valence-corrected chi connectivity index (χ0v) is 23.2. The van der Waals surface area contributed by atoms with Crippen LogP contribution in [0.2, 0.25) is 0 Å². The number of rotatable bonds is 11. The van der Waals surface area contributed by atoms with Crippen molar-refractivity contribution in [3.8, 4) is 5.75 Å². The number of ether oxygens (including phenoxy) is 2. The van der Waals surface area contributed by atoms with Crippen molar-refractivity contribution >= 4 is 28.3 Å². The first-order valence-corrected chi connectivity index (χ1v) is 13.6. The molecule has 2 atom stereocenters. The molecule has 1 heterocycles. The van der Waals surface area contributed by atoms with Gasteiger partial charge < -0.3 is 14.6 Å². The Labute approximate surface area is 210 Å². The summed E-state index contributed by atoms with van der Waals surface area (Å²) < 4.78 is 26.8. The molecule has 2 rings (SSSR count). The van der Waals surface area contributed by atoms with Gasteiger partial charge >= 0.3 is 5.97 Å². The van der Waals surface area contributed by atoms with Gasteiger partial charge in [0.1, 0.15) is 34.1 Å². The molecule has 6 nitrogen and oxygen atoms in total. The van der Waals surface area contributed by atoms with E-state index in [4.69, 9.17) is 4.74 Å². The summed E-state index contributed by atoms with van der Waals surface area (Å²) in [6.07, 6.45) is 1.21. The third-order valence-corrected chi connectivity index (χ3v) is 9.42. The van der Waals surface area contributed by atoms with Crippen LogP contribution in [0.1, 0.15) is 69.0 Å². The summed E-state index contributed by atoms with van der Waals surface area (Å²) in [7, 11) is -0.181. The first-order valence-electron chi connectivity index (χ1n) is 11.6. The van der Waals surface area contributed by atoms with Crippen molar-refractivity contribution in [3.63, 3.8) is 0 Å². The van der Waals surface area contributed by atoms with Gasteiger partial charge in [0.05, 0.1) is 13.2 Å². The molecular weight excluding hydrogens is 470 g/mol. The van der Waals surface area contributed by atoms with E-state index in [1.165, 1.54) is 24.0 Å². The van der Waals surface area contributed by atoms with Gasteiger partial charge in [-0.25, -0.2) is 8.93 Å². The highest BCUT2D eigenvalue weighted by Crippen LogP contribution is 2.44. The third-order valence-electron chi connectivity index (χ3n) is 6.42. The Bertz CT molecular complexity index is 1010. The van der Waals surface area contributed by atoms with Crippen LogP contribution in [-0.4, -0.2) is 41.7 Å². The Kier molecular flexibility index (Phi) is 9.89. The lowest BCUT2D eigenvalue weighted by Gasteiger charge is -2.32. The Morgan fingerprint density at radius 3 is 2.32 bits per heavy atom. The van der Waals surface area contributed by atoms with Crippen LogP contribution in [0.15, 0.2) is 28.5 Å². The highest BCUT2D eigenvalue weighted by Gasteiger charge is 2.34. The number of hydrogen-bond acceptors (Lipinski definition) is 6. The molecule has 34 heavy (non-hydrogen) atoms. The molecule has 1 aromatic heterocycles. The average molecular weight is 510 g/mol. The summed E-state index contributed by atoms with van der Waals surface area (Å²) >= 11 is 1.53. The van der Waals surface area contributed by atoms with Gasteiger partial charge in [-0.1, -0.05) is 46.8 Å². The van der Waals surface area contributed by atoms with Crippen LogP contribution < -0.4 is 9.46 Å². The van der Waals surface area contributed by atoms with Gasteiger partial charge in [0, 0.05) is 10.3 Å².